The van der Waals surface area contributed by atoms with Crippen molar-refractivity contribution in [1.29, 1.82) is 5.41 Å². The molecule has 1 unspecified atom stereocenters. The summed E-state index contributed by atoms with van der Waals surface area (Å²) in [6.07, 6.45) is 10.6. The Kier molecular flexibility index (Phi) is 3.43. The SMILES string of the molecule is C[C@H]1C=C(Cl)C=C[C@H]2C=C1C1=CN(C)c3ccc(N)cc3C(=N)C12. The number of hydrogen-bond acceptors (Lipinski definition) is 3. The van der Waals surface area contributed by atoms with Crippen LogP contribution in [0.2, 0.25) is 0 Å². The van der Waals surface area contributed by atoms with E-state index in [0.717, 1.165) is 16.3 Å². The maximum Gasteiger partial charge on any atom is 0.0497 e. The molecule has 0 saturated carbocycles. The largest absolute Gasteiger partial charge is 0.399 e. The third kappa shape index (κ3) is 2.23. The molecule has 4 rings (SSSR count). The van der Waals surface area contributed by atoms with Crippen LogP contribution in [0.3, 0.4) is 0 Å². The van der Waals surface area contributed by atoms with Gasteiger partial charge in [0.25, 0.3) is 0 Å². The molecule has 1 aliphatic heterocycles. The number of halogens is 1. The van der Waals surface area contributed by atoms with Crippen molar-refractivity contribution in [3.8, 4) is 0 Å². The zero-order chi connectivity index (χ0) is 17.0. The van der Waals surface area contributed by atoms with Crippen LogP contribution < -0.4 is 10.6 Å². The van der Waals surface area contributed by atoms with Gasteiger partial charge in [-0.3, -0.25) is 0 Å². The number of benzene rings is 1. The molecule has 1 heterocycles. The second kappa shape index (κ2) is 5.38. The number of nitrogen functional groups attached to an aromatic ring is 1. The minimum absolute atomic E-state index is 0.0140. The number of nitrogens with one attached hydrogen (secondary N) is 1. The van der Waals surface area contributed by atoms with Crippen LogP contribution >= 0.6 is 11.6 Å². The summed E-state index contributed by atoms with van der Waals surface area (Å²) in [5, 5.41) is 9.66. The lowest BCUT2D eigenvalue weighted by Gasteiger charge is -2.20. The minimum atomic E-state index is 0.0140. The van der Waals surface area contributed by atoms with Gasteiger partial charge in [0, 0.05) is 58.7 Å². The fourth-order valence-corrected chi connectivity index (χ4v) is 4.24. The fourth-order valence-electron chi connectivity index (χ4n) is 3.98. The van der Waals surface area contributed by atoms with Gasteiger partial charge >= 0.3 is 0 Å². The number of nitrogens with zero attached hydrogens (tertiary/aromatic N) is 1. The van der Waals surface area contributed by atoms with E-state index in [0.29, 0.717) is 11.4 Å². The van der Waals surface area contributed by atoms with Crippen molar-refractivity contribution in [3.63, 3.8) is 0 Å². The van der Waals surface area contributed by atoms with E-state index in [9.17, 15) is 0 Å². The van der Waals surface area contributed by atoms with Crippen molar-refractivity contribution in [1.82, 2.24) is 0 Å². The molecule has 3 aliphatic rings. The van der Waals surface area contributed by atoms with Crippen LogP contribution in [0.15, 0.2) is 64.9 Å². The first-order valence-corrected chi connectivity index (χ1v) is 8.54. The third-order valence-electron chi connectivity index (χ3n) is 5.14. The average molecular weight is 338 g/mol. The van der Waals surface area contributed by atoms with Crippen molar-refractivity contribution in [2.75, 3.05) is 17.7 Å². The molecule has 3 nitrogen and oxygen atoms in total. The molecule has 4 heteroatoms. The van der Waals surface area contributed by atoms with Gasteiger partial charge in [-0.25, -0.2) is 0 Å². The lowest BCUT2D eigenvalue weighted by molar-refractivity contribution is 0.714. The van der Waals surface area contributed by atoms with Crippen LogP contribution in [-0.4, -0.2) is 12.8 Å². The van der Waals surface area contributed by atoms with Crippen LogP contribution in [0.4, 0.5) is 11.4 Å². The van der Waals surface area contributed by atoms with Gasteiger partial charge in [-0.05, 0) is 35.4 Å². The highest BCUT2D eigenvalue weighted by Gasteiger charge is 2.39. The van der Waals surface area contributed by atoms with E-state index in [1.54, 1.807) is 0 Å². The molecule has 0 fully saturated rings. The van der Waals surface area contributed by atoms with Crippen molar-refractivity contribution < 1.29 is 0 Å². The zero-order valence-electron chi connectivity index (χ0n) is 13.8. The van der Waals surface area contributed by atoms with Crippen molar-refractivity contribution in [2.45, 2.75) is 6.92 Å². The normalized spacial score (nSPS) is 28.1. The molecule has 3 atom stereocenters. The maximum atomic E-state index is 8.90. The van der Waals surface area contributed by atoms with E-state index in [1.807, 2.05) is 31.3 Å². The molecule has 1 aromatic carbocycles. The lowest BCUT2D eigenvalue weighted by Crippen LogP contribution is -2.20. The van der Waals surface area contributed by atoms with Crippen LogP contribution in [-0.2, 0) is 0 Å². The zero-order valence-corrected chi connectivity index (χ0v) is 14.5. The van der Waals surface area contributed by atoms with Crippen LogP contribution in [0, 0.1) is 23.2 Å². The first kappa shape index (κ1) is 15.3. The molecule has 2 aliphatic carbocycles. The molecular formula is C20H20ClN3. The molecule has 0 aromatic heterocycles. The molecule has 0 saturated heterocycles. The number of allylic oxidation sites excluding steroid dienone is 7. The molecule has 0 amide bonds. The summed E-state index contributed by atoms with van der Waals surface area (Å²) in [6, 6.07) is 5.81. The summed E-state index contributed by atoms with van der Waals surface area (Å²) in [7, 11) is 2.03. The van der Waals surface area contributed by atoms with Gasteiger partial charge < -0.3 is 16.0 Å². The second-order valence-corrected chi connectivity index (χ2v) is 7.20. The summed E-state index contributed by atoms with van der Waals surface area (Å²) in [5.41, 5.74) is 11.7. The van der Waals surface area contributed by atoms with Crippen LogP contribution in [0.25, 0.3) is 0 Å². The average Bonchev–Trinajstić information content (AvgIpc) is 2.86. The second-order valence-electron chi connectivity index (χ2n) is 6.76. The molecule has 2 bridgehead atoms. The van der Waals surface area contributed by atoms with E-state index >= 15 is 0 Å². The predicted octanol–water partition coefficient (Wildman–Crippen LogP) is 4.47. The highest BCUT2D eigenvalue weighted by atomic mass is 35.5. The molecule has 0 spiro atoms. The summed E-state index contributed by atoms with van der Waals surface area (Å²) >= 11 is 6.29. The molecule has 122 valence electrons. The number of nitrogens with two attached hydrogens (primary N) is 1. The Bertz CT molecular complexity index is 860. The van der Waals surface area contributed by atoms with Crippen LogP contribution in [0.5, 0.6) is 0 Å². The molecular weight excluding hydrogens is 318 g/mol. The first-order valence-electron chi connectivity index (χ1n) is 8.16. The van der Waals surface area contributed by atoms with E-state index < -0.39 is 0 Å². The molecule has 1 aromatic rings. The van der Waals surface area contributed by atoms with Crippen molar-refractivity contribution in [3.05, 3.63) is 70.4 Å². The Morgan fingerprint density at radius 1 is 1.21 bits per heavy atom. The topological polar surface area (TPSA) is 53.1 Å². The Balaban J connectivity index is 1.90. The van der Waals surface area contributed by atoms with Gasteiger partial charge in [0.1, 0.15) is 0 Å². The monoisotopic (exact) mass is 337 g/mol. The first-order chi connectivity index (χ1) is 11.5. The lowest BCUT2D eigenvalue weighted by atomic mass is 9.83. The van der Waals surface area contributed by atoms with Crippen molar-refractivity contribution >= 4 is 28.7 Å². The predicted molar refractivity (Wildman–Crippen MR) is 101 cm³/mol. The number of hydrogen-bond donors (Lipinski definition) is 2. The Morgan fingerprint density at radius 2 is 2.00 bits per heavy atom. The Labute approximate surface area is 147 Å². The number of fused-ring (bicyclic) bond motifs is 5. The standard InChI is InChI=1S/C20H20ClN3/c1-11-7-13(21)4-3-12-8-15(11)17-10-24(2)18-6-5-14(22)9-16(18)20(23)19(12)17/h3-12,19,23H,22H2,1-2H3/t11-,12-,19?/m0/s1. The highest BCUT2D eigenvalue weighted by Crippen LogP contribution is 2.46. The van der Waals surface area contributed by atoms with Gasteiger partial charge in [-0.2, -0.15) is 0 Å². The summed E-state index contributed by atoms with van der Waals surface area (Å²) < 4.78 is 0. The van der Waals surface area contributed by atoms with Crippen LogP contribution in [0.1, 0.15) is 12.5 Å². The van der Waals surface area contributed by atoms with E-state index in [4.69, 9.17) is 22.7 Å². The van der Waals surface area contributed by atoms with Gasteiger partial charge in [0.2, 0.25) is 0 Å². The summed E-state index contributed by atoms with van der Waals surface area (Å²) in [6.45, 7) is 2.16. The van der Waals surface area contributed by atoms with E-state index in [1.165, 1.54) is 11.1 Å². The van der Waals surface area contributed by atoms with Gasteiger partial charge in [0.05, 0.1) is 0 Å². The van der Waals surface area contributed by atoms with E-state index in [2.05, 4.69) is 36.3 Å². The quantitative estimate of drug-likeness (QED) is 0.686. The number of anilines is 2. The van der Waals surface area contributed by atoms with Gasteiger partial charge in [-0.1, -0.05) is 36.8 Å². The Morgan fingerprint density at radius 3 is 2.79 bits per heavy atom. The Hall–Kier alpha value is -2.26. The van der Waals surface area contributed by atoms with Gasteiger partial charge in [-0.15, -0.1) is 0 Å². The third-order valence-corrected chi connectivity index (χ3v) is 5.39. The fraction of sp³-hybridized carbons (Fsp3) is 0.250. The molecule has 0 radical (unpaired) electrons. The van der Waals surface area contributed by atoms with Gasteiger partial charge in [0.15, 0.2) is 0 Å². The maximum absolute atomic E-state index is 8.90. The van der Waals surface area contributed by atoms with E-state index in [-0.39, 0.29) is 17.8 Å². The smallest absolute Gasteiger partial charge is 0.0497 e. The van der Waals surface area contributed by atoms with Crippen molar-refractivity contribution in [2.24, 2.45) is 17.8 Å². The summed E-state index contributed by atoms with van der Waals surface area (Å²) in [4.78, 5) is 2.11. The highest BCUT2D eigenvalue weighted by molar-refractivity contribution is 6.31. The molecule has 24 heavy (non-hydrogen) atoms. The minimum Gasteiger partial charge on any atom is -0.399 e. The summed E-state index contributed by atoms with van der Waals surface area (Å²) in [5.74, 6) is 0.401. The molecule has 3 N–H and O–H groups in total. The number of rotatable bonds is 0.